The number of benzene rings is 1. The van der Waals surface area contributed by atoms with Gasteiger partial charge in [-0.2, -0.15) is 0 Å². The minimum atomic E-state index is -2.96. The van der Waals surface area contributed by atoms with Gasteiger partial charge in [-0.05, 0) is 43.7 Å². The van der Waals surface area contributed by atoms with Crippen LogP contribution in [0.4, 0.5) is 27.8 Å². The van der Waals surface area contributed by atoms with Crippen molar-refractivity contribution in [2.24, 2.45) is 5.92 Å². The van der Waals surface area contributed by atoms with E-state index in [0.29, 0.717) is 37.3 Å². The van der Waals surface area contributed by atoms with E-state index in [0.717, 1.165) is 11.6 Å². The fourth-order valence-corrected chi connectivity index (χ4v) is 4.98. The molecule has 1 aromatic carbocycles. The highest BCUT2D eigenvalue weighted by Crippen LogP contribution is 2.36. The summed E-state index contributed by atoms with van der Waals surface area (Å²) < 4.78 is 68.5. The summed E-state index contributed by atoms with van der Waals surface area (Å²) in [4.78, 5) is 22.3. The van der Waals surface area contributed by atoms with Crippen LogP contribution in [0.2, 0.25) is 5.28 Å². The van der Waals surface area contributed by atoms with E-state index < -0.39 is 42.9 Å². The van der Waals surface area contributed by atoms with Crippen molar-refractivity contribution in [2.45, 2.75) is 51.0 Å². The van der Waals surface area contributed by atoms with Crippen molar-refractivity contribution in [3.8, 4) is 0 Å². The molecule has 1 amide bonds. The molecule has 0 spiro atoms. The monoisotopic (exact) mass is 531 g/mol. The summed E-state index contributed by atoms with van der Waals surface area (Å²) in [6.07, 6.45) is -1.29. The third-order valence-corrected chi connectivity index (χ3v) is 6.81. The van der Waals surface area contributed by atoms with Gasteiger partial charge in [-0.3, -0.25) is 4.79 Å². The highest BCUT2D eigenvalue weighted by molar-refractivity contribution is 6.28. The van der Waals surface area contributed by atoms with Gasteiger partial charge in [-0.25, -0.2) is 31.9 Å². The van der Waals surface area contributed by atoms with Gasteiger partial charge in [0.25, 0.3) is 12.3 Å². The Labute approximate surface area is 210 Å². The topological polar surface area (TPSA) is 70.2 Å². The molecule has 196 valence electrons. The van der Waals surface area contributed by atoms with Crippen LogP contribution in [-0.4, -0.2) is 52.9 Å². The Morgan fingerprint density at radius 1 is 1.28 bits per heavy atom. The van der Waals surface area contributed by atoms with Crippen molar-refractivity contribution in [1.29, 1.82) is 0 Å². The third kappa shape index (κ3) is 6.05. The normalized spacial score (nSPS) is 20.2. The zero-order valence-corrected chi connectivity index (χ0v) is 20.4. The Kier molecular flexibility index (Phi) is 7.99. The maximum Gasteiger partial charge on any atom is 0.277 e. The predicted molar refractivity (Wildman–Crippen MR) is 125 cm³/mol. The molecule has 1 aromatic heterocycles. The second-order valence-electron chi connectivity index (χ2n) is 9.34. The van der Waals surface area contributed by atoms with Gasteiger partial charge in [0.05, 0.1) is 30.4 Å². The van der Waals surface area contributed by atoms with Crippen molar-refractivity contribution in [1.82, 2.24) is 20.2 Å². The van der Waals surface area contributed by atoms with Gasteiger partial charge in [-0.15, -0.1) is 0 Å². The lowest BCUT2D eigenvalue weighted by molar-refractivity contribution is -0.135. The van der Waals surface area contributed by atoms with E-state index in [-0.39, 0.29) is 35.6 Å². The molecule has 2 aromatic rings. The molecule has 36 heavy (non-hydrogen) atoms. The Morgan fingerprint density at radius 3 is 2.78 bits per heavy atom. The number of hydrogen-bond acceptors (Lipinski definition) is 5. The minimum absolute atomic E-state index is 0.0127. The Morgan fingerprint density at radius 2 is 2.03 bits per heavy atom. The fourth-order valence-electron chi connectivity index (χ4n) is 4.79. The first-order chi connectivity index (χ1) is 17.0. The number of alkyl halides is 4. The molecule has 2 heterocycles. The van der Waals surface area contributed by atoms with Crippen LogP contribution in [0.5, 0.6) is 0 Å². The molecule has 2 N–H and O–H groups in total. The van der Waals surface area contributed by atoms with E-state index in [9.17, 15) is 26.7 Å². The number of halogens is 6. The summed E-state index contributed by atoms with van der Waals surface area (Å²) in [5, 5.41) is 5.70. The van der Waals surface area contributed by atoms with E-state index in [1.54, 1.807) is 6.92 Å². The average Bonchev–Trinajstić information content (AvgIpc) is 3.12. The lowest BCUT2D eigenvalue weighted by Gasteiger charge is -2.24. The van der Waals surface area contributed by atoms with Crippen LogP contribution in [-0.2, 0) is 17.6 Å². The molecule has 1 fully saturated rings. The second-order valence-corrected chi connectivity index (χ2v) is 9.68. The van der Waals surface area contributed by atoms with Gasteiger partial charge in [0.15, 0.2) is 0 Å². The Hall–Kier alpha value is -2.53. The number of carbonyl (C=O) groups excluding carboxylic acids is 1. The number of nitrogens with zero attached hydrogens (tertiary/aromatic N) is 3. The number of hydrogen-bond donors (Lipinski definition) is 2. The summed E-state index contributed by atoms with van der Waals surface area (Å²) in [6.45, 7) is 1.14. The molecule has 1 aliphatic carbocycles. The summed E-state index contributed by atoms with van der Waals surface area (Å²) in [5.74, 6) is -3.86. The number of carbonyl (C=O) groups is 1. The number of nitrogens with one attached hydrogen (secondary N) is 2. The van der Waals surface area contributed by atoms with E-state index in [1.165, 1.54) is 17.0 Å². The molecule has 0 saturated carbocycles. The average molecular weight is 532 g/mol. The second kappa shape index (κ2) is 10.8. The van der Waals surface area contributed by atoms with Crippen LogP contribution >= 0.6 is 11.6 Å². The number of fused-ring (bicyclic) bond motifs is 1. The smallest absolute Gasteiger partial charge is 0.277 e. The molecule has 2 aliphatic rings. The van der Waals surface area contributed by atoms with E-state index in [4.69, 9.17) is 11.6 Å². The molecule has 0 radical (unpaired) electrons. The summed E-state index contributed by atoms with van der Waals surface area (Å²) in [6, 6.07) is 3.17. The lowest BCUT2D eigenvalue weighted by Crippen LogP contribution is -2.41. The van der Waals surface area contributed by atoms with Gasteiger partial charge < -0.3 is 15.5 Å². The van der Waals surface area contributed by atoms with Crippen molar-refractivity contribution < 1.29 is 26.7 Å². The maximum atomic E-state index is 14.6. The van der Waals surface area contributed by atoms with E-state index in [2.05, 4.69) is 20.6 Å². The van der Waals surface area contributed by atoms with Crippen molar-refractivity contribution >= 4 is 23.3 Å². The van der Waals surface area contributed by atoms with Crippen LogP contribution in [0.1, 0.15) is 54.6 Å². The summed E-state index contributed by atoms with van der Waals surface area (Å²) in [5.41, 5.74) is 0.851. The third-order valence-electron chi connectivity index (χ3n) is 6.64. The molecular formula is C24H27ClF5N5O. The van der Waals surface area contributed by atoms with Crippen molar-refractivity contribution in [3.63, 3.8) is 0 Å². The van der Waals surface area contributed by atoms with Crippen LogP contribution in [0, 0.1) is 11.7 Å². The van der Waals surface area contributed by atoms with Crippen LogP contribution in [0.25, 0.3) is 0 Å². The first-order valence-electron chi connectivity index (χ1n) is 11.8. The Bertz CT molecular complexity index is 1120. The zero-order valence-electron chi connectivity index (χ0n) is 19.6. The van der Waals surface area contributed by atoms with E-state index in [1.807, 2.05) is 0 Å². The van der Waals surface area contributed by atoms with E-state index >= 15 is 0 Å². The first-order valence-corrected chi connectivity index (χ1v) is 12.2. The number of anilines is 1. The highest BCUT2D eigenvalue weighted by Gasteiger charge is 2.36. The van der Waals surface area contributed by atoms with Gasteiger partial charge >= 0.3 is 0 Å². The molecule has 12 heteroatoms. The zero-order chi connectivity index (χ0) is 26.0. The SMILES string of the molecule is C[C@@H](Nc1nc(Cl)nc2c1CC(CCC(=O)N1CCNCC(F)(F)C1)C2)c1cccc(C(F)F)c1F. The van der Waals surface area contributed by atoms with Crippen LogP contribution in [0.15, 0.2) is 18.2 Å². The molecular weight excluding hydrogens is 505 g/mol. The van der Waals surface area contributed by atoms with Crippen molar-refractivity contribution in [2.75, 3.05) is 31.5 Å². The van der Waals surface area contributed by atoms with Gasteiger partial charge in [0.2, 0.25) is 11.2 Å². The fraction of sp³-hybridized carbons (Fsp3) is 0.542. The van der Waals surface area contributed by atoms with Crippen LogP contribution < -0.4 is 10.6 Å². The largest absolute Gasteiger partial charge is 0.363 e. The predicted octanol–water partition coefficient (Wildman–Crippen LogP) is 4.94. The van der Waals surface area contributed by atoms with Gasteiger partial charge in [0.1, 0.15) is 11.6 Å². The lowest BCUT2D eigenvalue weighted by atomic mass is 9.99. The maximum absolute atomic E-state index is 14.6. The van der Waals surface area contributed by atoms with Crippen LogP contribution in [0.3, 0.4) is 0 Å². The number of amides is 1. The molecule has 1 saturated heterocycles. The van der Waals surface area contributed by atoms with Gasteiger partial charge in [-0.1, -0.05) is 18.2 Å². The number of rotatable bonds is 7. The first kappa shape index (κ1) is 26.5. The van der Waals surface area contributed by atoms with Gasteiger partial charge in [0, 0.05) is 30.6 Å². The number of aromatic nitrogens is 2. The standard InChI is InChI=1S/C24H27ClF5N5O/c1-13(15-3-2-4-16(20(15)26)21(27)28)32-22-17-9-14(10-18(17)33-23(25)34-22)5-6-19(36)35-8-7-31-11-24(29,30)12-35/h2-4,13-14,21,31H,5-12H2,1H3,(H,32,33,34)/t13-,14?/m1/s1. The minimum Gasteiger partial charge on any atom is -0.363 e. The van der Waals surface area contributed by atoms with Crippen molar-refractivity contribution in [3.05, 3.63) is 51.7 Å². The Balaban J connectivity index is 1.42. The summed E-state index contributed by atoms with van der Waals surface area (Å²) >= 11 is 6.10. The molecule has 1 unspecified atom stereocenters. The molecule has 0 bridgehead atoms. The molecule has 4 rings (SSSR count). The quantitative estimate of drug-likeness (QED) is 0.391. The molecule has 1 aliphatic heterocycles. The highest BCUT2D eigenvalue weighted by atomic mass is 35.5. The molecule has 6 nitrogen and oxygen atoms in total. The molecule has 2 atom stereocenters. The summed E-state index contributed by atoms with van der Waals surface area (Å²) in [7, 11) is 0.